The molecule has 19 heavy (non-hydrogen) atoms. The molecule has 1 N–H and O–H groups in total. The van der Waals surface area contributed by atoms with Crippen LogP contribution in [0.4, 0.5) is 0 Å². The molecule has 6 heteroatoms. The molecule has 1 aliphatic heterocycles. The summed E-state index contributed by atoms with van der Waals surface area (Å²) in [6, 6.07) is 4.51. The van der Waals surface area contributed by atoms with Crippen LogP contribution in [0.2, 0.25) is 0 Å². The third kappa shape index (κ3) is 3.08. The number of carboxylic acid groups (broad SMARTS) is 1. The lowest BCUT2D eigenvalue weighted by Gasteiger charge is -2.21. The third-order valence-corrected chi connectivity index (χ3v) is 3.26. The first-order valence-corrected chi connectivity index (χ1v) is 6.06. The number of rotatable bonds is 4. The Hall–Kier alpha value is -1.95. The lowest BCUT2D eigenvalue weighted by Crippen LogP contribution is -2.41. The first kappa shape index (κ1) is 13.5. The Labute approximate surface area is 111 Å². The molecule has 1 amide bonds. The Balaban J connectivity index is 2.07. The van der Waals surface area contributed by atoms with Crippen LogP contribution in [0.3, 0.4) is 0 Å². The third-order valence-electron chi connectivity index (χ3n) is 3.26. The highest BCUT2D eigenvalue weighted by Crippen LogP contribution is 2.21. The van der Waals surface area contributed by atoms with Gasteiger partial charge in [-0.2, -0.15) is 0 Å². The van der Waals surface area contributed by atoms with E-state index in [4.69, 9.17) is 9.84 Å². The maximum atomic E-state index is 12.2. The summed E-state index contributed by atoms with van der Waals surface area (Å²) < 4.78 is 5.15. The van der Waals surface area contributed by atoms with Crippen molar-refractivity contribution in [2.45, 2.75) is 25.0 Å². The van der Waals surface area contributed by atoms with Crippen LogP contribution in [0.1, 0.15) is 12.1 Å². The van der Waals surface area contributed by atoms with Gasteiger partial charge in [-0.15, -0.1) is 0 Å². The van der Waals surface area contributed by atoms with Crippen molar-refractivity contribution in [1.29, 1.82) is 0 Å². The number of nitrogens with zero attached hydrogens (tertiary/aromatic N) is 2. The van der Waals surface area contributed by atoms with E-state index in [0.29, 0.717) is 18.7 Å². The summed E-state index contributed by atoms with van der Waals surface area (Å²) in [5.41, 5.74) is 0.637. The number of carbonyl (C=O) groups is 2. The molecule has 0 bridgehead atoms. The number of aliphatic carboxylic acids is 1. The molecule has 2 unspecified atom stereocenters. The highest BCUT2D eigenvalue weighted by Gasteiger charge is 2.39. The zero-order valence-electron chi connectivity index (χ0n) is 10.7. The minimum Gasteiger partial charge on any atom is -0.480 e. The fourth-order valence-corrected chi connectivity index (χ4v) is 2.24. The van der Waals surface area contributed by atoms with E-state index in [9.17, 15) is 9.59 Å². The zero-order valence-corrected chi connectivity index (χ0v) is 10.7. The number of carboxylic acids is 1. The van der Waals surface area contributed by atoms with Crippen molar-refractivity contribution in [3.63, 3.8) is 0 Å². The summed E-state index contributed by atoms with van der Waals surface area (Å²) in [7, 11) is 1.52. The quantitative estimate of drug-likeness (QED) is 0.847. The molecule has 1 aromatic heterocycles. The maximum Gasteiger partial charge on any atom is 0.326 e. The summed E-state index contributed by atoms with van der Waals surface area (Å²) in [6.07, 6.45) is 1.84. The van der Waals surface area contributed by atoms with Crippen molar-refractivity contribution in [3.05, 3.63) is 30.1 Å². The van der Waals surface area contributed by atoms with Gasteiger partial charge in [-0.25, -0.2) is 4.79 Å². The standard InChI is InChI=1S/C13H16N2O4/c1-19-10-7-11(13(17)18)15(8-10)12(16)6-9-4-2-3-5-14-9/h2-5,10-11H,6-8H2,1H3,(H,17,18). The number of amides is 1. The largest absolute Gasteiger partial charge is 0.480 e. The monoisotopic (exact) mass is 264 g/mol. The molecule has 102 valence electrons. The van der Waals surface area contributed by atoms with Crippen LogP contribution < -0.4 is 0 Å². The number of aromatic nitrogens is 1. The number of methoxy groups -OCH3 is 1. The minimum absolute atomic E-state index is 0.112. The molecule has 0 saturated carbocycles. The van der Waals surface area contributed by atoms with Crippen LogP contribution in [-0.4, -0.2) is 52.7 Å². The van der Waals surface area contributed by atoms with Crippen molar-refractivity contribution in [3.8, 4) is 0 Å². The molecule has 0 aliphatic carbocycles. The molecule has 2 rings (SSSR count). The van der Waals surface area contributed by atoms with Crippen LogP contribution in [-0.2, 0) is 20.7 Å². The van der Waals surface area contributed by atoms with E-state index in [-0.39, 0.29) is 18.4 Å². The van der Waals surface area contributed by atoms with Crippen molar-refractivity contribution in [2.75, 3.05) is 13.7 Å². The Morgan fingerprint density at radius 1 is 1.53 bits per heavy atom. The van der Waals surface area contributed by atoms with Gasteiger partial charge in [-0.1, -0.05) is 6.07 Å². The first-order valence-electron chi connectivity index (χ1n) is 6.06. The van der Waals surface area contributed by atoms with Gasteiger partial charge in [0.2, 0.25) is 5.91 Å². The van der Waals surface area contributed by atoms with Crippen molar-refractivity contribution in [2.24, 2.45) is 0 Å². The van der Waals surface area contributed by atoms with E-state index in [2.05, 4.69) is 4.98 Å². The number of hydrogen-bond donors (Lipinski definition) is 1. The summed E-state index contributed by atoms with van der Waals surface area (Å²) in [6.45, 7) is 0.319. The van der Waals surface area contributed by atoms with Gasteiger partial charge in [0.15, 0.2) is 0 Å². The SMILES string of the molecule is COC1CC(C(=O)O)N(C(=O)Cc2ccccn2)C1. The van der Waals surface area contributed by atoms with E-state index >= 15 is 0 Å². The van der Waals surface area contributed by atoms with E-state index in [0.717, 1.165) is 0 Å². The van der Waals surface area contributed by atoms with E-state index in [1.807, 2.05) is 0 Å². The Morgan fingerprint density at radius 3 is 2.89 bits per heavy atom. The molecule has 6 nitrogen and oxygen atoms in total. The molecule has 0 aromatic carbocycles. The first-order chi connectivity index (χ1) is 9.11. The predicted molar refractivity (Wildman–Crippen MR) is 66.5 cm³/mol. The number of hydrogen-bond acceptors (Lipinski definition) is 4. The van der Waals surface area contributed by atoms with Crippen LogP contribution in [0.5, 0.6) is 0 Å². The Morgan fingerprint density at radius 2 is 2.32 bits per heavy atom. The Bertz CT molecular complexity index is 463. The minimum atomic E-state index is -0.992. The second-order valence-electron chi connectivity index (χ2n) is 4.49. The number of ether oxygens (including phenoxy) is 1. The van der Waals surface area contributed by atoms with Gasteiger partial charge in [0.1, 0.15) is 6.04 Å². The molecule has 0 radical (unpaired) electrons. The fourth-order valence-electron chi connectivity index (χ4n) is 2.24. The molecule has 1 fully saturated rings. The number of pyridine rings is 1. The zero-order chi connectivity index (χ0) is 13.8. The summed E-state index contributed by atoms with van der Waals surface area (Å²) >= 11 is 0. The average molecular weight is 264 g/mol. The van der Waals surface area contributed by atoms with Gasteiger partial charge in [0, 0.05) is 32.0 Å². The summed E-state index contributed by atoms with van der Waals surface area (Å²) in [5.74, 6) is -1.22. The van der Waals surface area contributed by atoms with Gasteiger partial charge in [-0.3, -0.25) is 9.78 Å². The highest BCUT2D eigenvalue weighted by molar-refractivity contribution is 5.85. The molecule has 2 heterocycles. The lowest BCUT2D eigenvalue weighted by atomic mass is 10.2. The van der Waals surface area contributed by atoms with Crippen molar-refractivity contribution >= 4 is 11.9 Å². The van der Waals surface area contributed by atoms with Crippen LogP contribution >= 0.6 is 0 Å². The molecular formula is C13H16N2O4. The average Bonchev–Trinajstić information content (AvgIpc) is 2.84. The van der Waals surface area contributed by atoms with Crippen molar-refractivity contribution in [1.82, 2.24) is 9.88 Å². The number of likely N-dealkylation sites (tertiary alicyclic amines) is 1. The lowest BCUT2D eigenvalue weighted by molar-refractivity contribution is -0.148. The molecule has 1 aliphatic rings. The number of carbonyl (C=O) groups excluding carboxylic acids is 1. The molecule has 1 aromatic rings. The van der Waals surface area contributed by atoms with Gasteiger partial charge in [-0.05, 0) is 12.1 Å². The van der Waals surface area contributed by atoms with Gasteiger partial charge in [0.05, 0.1) is 12.5 Å². The predicted octanol–water partition coefficient (Wildman–Crippen LogP) is 0.325. The molecule has 0 spiro atoms. The maximum absolute atomic E-state index is 12.2. The van der Waals surface area contributed by atoms with Gasteiger partial charge >= 0.3 is 5.97 Å². The van der Waals surface area contributed by atoms with E-state index < -0.39 is 12.0 Å². The van der Waals surface area contributed by atoms with E-state index in [1.165, 1.54) is 12.0 Å². The second-order valence-corrected chi connectivity index (χ2v) is 4.49. The smallest absolute Gasteiger partial charge is 0.326 e. The van der Waals surface area contributed by atoms with Crippen molar-refractivity contribution < 1.29 is 19.4 Å². The van der Waals surface area contributed by atoms with E-state index in [1.54, 1.807) is 24.4 Å². The Kier molecular flexibility index (Phi) is 4.11. The van der Waals surface area contributed by atoms with Crippen LogP contribution in [0.15, 0.2) is 24.4 Å². The molecule has 2 atom stereocenters. The van der Waals surface area contributed by atoms with Gasteiger partial charge in [0.25, 0.3) is 0 Å². The topological polar surface area (TPSA) is 79.7 Å². The summed E-state index contributed by atoms with van der Waals surface area (Å²) in [5, 5.41) is 9.15. The normalized spacial score (nSPS) is 22.5. The van der Waals surface area contributed by atoms with Crippen LogP contribution in [0, 0.1) is 0 Å². The molecule has 1 saturated heterocycles. The highest BCUT2D eigenvalue weighted by atomic mass is 16.5. The molecular weight excluding hydrogens is 248 g/mol. The van der Waals surface area contributed by atoms with Gasteiger partial charge < -0.3 is 14.7 Å². The second kappa shape index (κ2) is 5.79. The fraction of sp³-hybridized carbons (Fsp3) is 0.462. The summed E-state index contributed by atoms with van der Waals surface area (Å²) in [4.78, 5) is 28.8. The van der Waals surface area contributed by atoms with Crippen LogP contribution in [0.25, 0.3) is 0 Å².